The van der Waals surface area contributed by atoms with Crippen molar-refractivity contribution in [2.45, 2.75) is 57.8 Å². The van der Waals surface area contributed by atoms with E-state index in [1.165, 1.54) is 31.9 Å². The predicted molar refractivity (Wildman–Crippen MR) is 63.4 cm³/mol. The molecule has 93 valence electrons. The van der Waals surface area contributed by atoms with Gasteiger partial charge in [0.2, 0.25) is 0 Å². The van der Waals surface area contributed by atoms with Crippen LogP contribution >= 0.6 is 0 Å². The van der Waals surface area contributed by atoms with Crippen molar-refractivity contribution in [1.29, 1.82) is 0 Å². The molecule has 0 aliphatic carbocycles. The van der Waals surface area contributed by atoms with Crippen LogP contribution in [0.1, 0.15) is 57.8 Å². The Bertz CT molecular complexity index is 178. The van der Waals surface area contributed by atoms with Crippen molar-refractivity contribution < 1.29 is 14.6 Å². The summed E-state index contributed by atoms with van der Waals surface area (Å²) in [6, 6.07) is 0. The van der Waals surface area contributed by atoms with E-state index in [0.29, 0.717) is 6.42 Å². The lowest BCUT2D eigenvalue weighted by molar-refractivity contribution is -0.138. The summed E-state index contributed by atoms with van der Waals surface area (Å²) in [6.45, 7) is 3.39. The number of ether oxygens (including phenoxy) is 1. The van der Waals surface area contributed by atoms with E-state index in [2.05, 4.69) is 11.3 Å². The number of hydrogen-bond donors (Lipinski definition) is 0. The Labute approximate surface area is 98.5 Å². The van der Waals surface area contributed by atoms with Gasteiger partial charge in [0.15, 0.2) is 0 Å². The van der Waals surface area contributed by atoms with Crippen molar-refractivity contribution in [3.63, 3.8) is 0 Å². The molecular weight excluding hydrogens is 204 g/mol. The molecule has 0 aromatic heterocycles. The van der Waals surface area contributed by atoms with Gasteiger partial charge in [-0.15, -0.1) is 0 Å². The molecule has 0 aliphatic heterocycles. The predicted octanol–water partition coefficient (Wildman–Crippen LogP) is 3.61. The second kappa shape index (κ2) is 12.2. The van der Waals surface area contributed by atoms with Gasteiger partial charge in [-0.1, -0.05) is 45.1 Å². The molecule has 0 aliphatic rings. The van der Waals surface area contributed by atoms with Crippen molar-refractivity contribution in [2.24, 2.45) is 0 Å². The number of unbranched alkanes of at least 4 members (excludes halogenated alkanes) is 7. The van der Waals surface area contributed by atoms with Gasteiger partial charge in [-0.3, -0.25) is 4.79 Å². The molecule has 0 atom stereocenters. The Morgan fingerprint density at radius 2 is 1.44 bits per heavy atom. The number of esters is 1. The molecule has 0 rings (SSSR count). The Balaban J connectivity index is 3.03. The minimum atomic E-state index is -0.189. The standard InChI is InChI=1S/C13H23O3/c1-2-16-13(15)11-9-7-5-3-4-6-8-10-12-14/h2H,1,3-12H2. The molecule has 0 bridgehead atoms. The second-order valence-electron chi connectivity index (χ2n) is 3.94. The van der Waals surface area contributed by atoms with E-state index in [9.17, 15) is 9.90 Å². The lowest BCUT2D eigenvalue weighted by Gasteiger charge is -2.01. The van der Waals surface area contributed by atoms with E-state index in [1.807, 2.05) is 0 Å². The van der Waals surface area contributed by atoms with Crippen LogP contribution in [0.3, 0.4) is 0 Å². The Morgan fingerprint density at radius 1 is 0.938 bits per heavy atom. The van der Waals surface area contributed by atoms with Gasteiger partial charge in [0.05, 0.1) is 12.9 Å². The quantitative estimate of drug-likeness (QED) is 0.307. The smallest absolute Gasteiger partial charge is 0.310 e. The highest BCUT2D eigenvalue weighted by atomic mass is 16.5. The van der Waals surface area contributed by atoms with Crippen molar-refractivity contribution in [3.05, 3.63) is 12.8 Å². The summed E-state index contributed by atoms with van der Waals surface area (Å²) in [4.78, 5) is 10.9. The molecule has 3 heteroatoms. The lowest BCUT2D eigenvalue weighted by Crippen LogP contribution is -1.98. The van der Waals surface area contributed by atoms with Gasteiger partial charge in [-0.25, -0.2) is 5.11 Å². The molecule has 0 aromatic rings. The highest BCUT2D eigenvalue weighted by Gasteiger charge is 1.99. The zero-order valence-corrected chi connectivity index (χ0v) is 10.1. The minimum absolute atomic E-state index is 0.0609. The van der Waals surface area contributed by atoms with E-state index >= 15 is 0 Å². The molecule has 0 saturated heterocycles. The SMILES string of the molecule is C=COC(=O)CCCCCCCCCC[O]. The highest BCUT2D eigenvalue weighted by molar-refractivity contribution is 5.69. The summed E-state index contributed by atoms with van der Waals surface area (Å²) >= 11 is 0. The third kappa shape index (κ3) is 11.2. The zero-order valence-electron chi connectivity index (χ0n) is 10.1. The molecule has 16 heavy (non-hydrogen) atoms. The van der Waals surface area contributed by atoms with Gasteiger partial charge in [-0.2, -0.15) is 0 Å². The van der Waals surface area contributed by atoms with Crippen LogP contribution in [0, 0.1) is 0 Å². The van der Waals surface area contributed by atoms with E-state index in [-0.39, 0.29) is 12.6 Å². The molecule has 1 radical (unpaired) electrons. The zero-order chi connectivity index (χ0) is 12.1. The van der Waals surface area contributed by atoms with Crippen LogP contribution in [-0.2, 0) is 14.6 Å². The maximum atomic E-state index is 10.9. The molecule has 0 aromatic carbocycles. The van der Waals surface area contributed by atoms with Crippen LogP contribution < -0.4 is 0 Å². The van der Waals surface area contributed by atoms with Crippen LogP contribution in [0.2, 0.25) is 0 Å². The van der Waals surface area contributed by atoms with Crippen molar-refractivity contribution >= 4 is 5.97 Å². The van der Waals surface area contributed by atoms with Crippen molar-refractivity contribution in [2.75, 3.05) is 6.61 Å². The topological polar surface area (TPSA) is 46.2 Å². The molecule has 0 amide bonds. The third-order valence-electron chi connectivity index (χ3n) is 2.49. The largest absolute Gasteiger partial charge is 0.435 e. The molecule has 3 nitrogen and oxygen atoms in total. The molecule has 0 spiro atoms. The number of carbonyl (C=O) groups is 1. The first-order valence-corrected chi connectivity index (χ1v) is 6.19. The summed E-state index contributed by atoms with van der Waals surface area (Å²) in [5, 5.41) is 10.2. The fraction of sp³-hybridized carbons (Fsp3) is 0.769. The van der Waals surface area contributed by atoms with Gasteiger partial charge in [0.25, 0.3) is 0 Å². The lowest BCUT2D eigenvalue weighted by atomic mass is 10.1. The van der Waals surface area contributed by atoms with Crippen LogP contribution in [0.5, 0.6) is 0 Å². The van der Waals surface area contributed by atoms with Crippen molar-refractivity contribution in [1.82, 2.24) is 0 Å². The van der Waals surface area contributed by atoms with Gasteiger partial charge >= 0.3 is 5.97 Å². The first kappa shape index (κ1) is 15.2. The first-order chi connectivity index (χ1) is 7.81. The van der Waals surface area contributed by atoms with Gasteiger partial charge in [-0.05, 0) is 12.8 Å². The van der Waals surface area contributed by atoms with E-state index in [0.717, 1.165) is 25.7 Å². The van der Waals surface area contributed by atoms with E-state index in [1.54, 1.807) is 0 Å². The number of carbonyl (C=O) groups excluding carboxylic acids is 1. The molecule has 0 heterocycles. The maximum absolute atomic E-state index is 10.9. The van der Waals surface area contributed by atoms with Gasteiger partial charge in [0, 0.05) is 6.42 Å². The number of hydrogen-bond acceptors (Lipinski definition) is 2. The summed E-state index contributed by atoms with van der Waals surface area (Å²) in [5.41, 5.74) is 0. The summed E-state index contributed by atoms with van der Waals surface area (Å²) in [6.07, 6.45) is 10.3. The van der Waals surface area contributed by atoms with Gasteiger partial charge in [0.1, 0.15) is 0 Å². The fourth-order valence-corrected chi connectivity index (χ4v) is 1.58. The van der Waals surface area contributed by atoms with Crippen LogP contribution in [0.15, 0.2) is 12.8 Å². The summed E-state index contributed by atoms with van der Waals surface area (Å²) in [7, 11) is 0. The maximum Gasteiger partial charge on any atom is 0.310 e. The normalized spacial score (nSPS) is 10.1. The molecule has 0 saturated carbocycles. The Morgan fingerprint density at radius 3 is 1.94 bits per heavy atom. The Kier molecular flexibility index (Phi) is 11.6. The Hall–Kier alpha value is -0.830. The van der Waals surface area contributed by atoms with Crippen LogP contribution in [0.25, 0.3) is 0 Å². The third-order valence-corrected chi connectivity index (χ3v) is 2.49. The molecule has 0 fully saturated rings. The van der Waals surface area contributed by atoms with E-state index < -0.39 is 0 Å². The fourth-order valence-electron chi connectivity index (χ4n) is 1.58. The molecule has 0 N–H and O–H groups in total. The van der Waals surface area contributed by atoms with Crippen molar-refractivity contribution in [3.8, 4) is 0 Å². The average molecular weight is 227 g/mol. The van der Waals surface area contributed by atoms with Gasteiger partial charge < -0.3 is 4.74 Å². The first-order valence-electron chi connectivity index (χ1n) is 6.19. The molecular formula is C13H23O3. The van der Waals surface area contributed by atoms with E-state index in [4.69, 9.17) is 0 Å². The molecule has 0 unspecified atom stereocenters. The van der Waals surface area contributed by atoms with Crippen LogP contribution in [0.4, 0.5) is 0 Å². The number of rotatable bonds is 11. The monoisotopic (exact) mass is 227 g/mol. The second-order valence-corrected chi connectivity index (χ2v) is 3.94. The highest BCUT2D eigenvalue weighted by Crippen LogP contribution is 2.09. The minimum Gasteiger partial charge on any atom is -0.435 e. The van der Waals surface area contributed by atoms with Crippen LogP contribution in [-0.4, -0.2) is 12.6 Å². The summed E-state index contributed by atoms with van der Waals surface area (Å²) < 4.78 is 4.61. The average Bonchev–Trinajstić information content (AvgIpc) is 2.27. The summed E-state index contributed by atoms with van der Waals surface area (Å²) in [5.74, 6) is -0.189.